The molecule has 2 aliphatic rings. The van der Waals surface area contributed by atoms with E-state index in [1.54, 1.807) is 18.2 Å². The van der Waals surface area contributed by atoms with Crippen LogP contribution in [0.5, 0.6) is 0 Å². The van der Waals surface area contributed by atoms with Crippen LogP contribution in [0.15, 0.2) is 65.1 Å². The Balaban J connectivity index is 2.09. The molecule has 0 spiro atoms. The zero-order chi connectivity index (χ0) is 19.0. The number of methoxy groups -OCH3 is 1. The lowest BCUT2D eigenvalue weighted by Crippen LogP contribution is -2.06. The van der Waals surface area contributed by atoms with E-state index in [1.807, 2.05) is 42.5 Å². The van der Waals surface area contributed by atoms with Crippen LogP contribution in [0.4, 0.5) is 5.69 Å². The molecule has 0 aromatic heterocycles. The summed E-state index contributed by atoms with van der Waals surface area (Å²) in [5.74, 6) is 0.304. The van der Waals surface area contributed by atoms with Crippen molar-refractivity contribution in [2.24, 2.45) is 0 Å². The smallest absolute Gasteiger partial charge is 0.309 e. The Morgan fingerprint density at radius 1 is 1.07 bits per heavy atom. The molecule has 27 heavy (non-hydrogen) atoms. The number of esters is 1. The first-order valence-electron chi connectivity index (χ1n) is 8.52. The molecule has 0 radical (unpaired) electrons. The predicted octanol–water partition coefficient (Wildman–Crippen LogP) is 3.98. The molecule has 0 saturated heterocycles. The molecule has 0 bridgehead atoms. The van der Waals surface area contributed by atoms with Gasteiger partial charge in [0.15, 0.2) is 0 Å². The number of rotatable bonds is 3. The van der Waals surface area contributed by atoms with Gasteiger partial charge in [-0.3, -0.25) is 4.79 Å². The van der Waals surface area contributed by atoms with Gasteiger partial charge in [-0.25, -0.2) is 0 Å². The first kappa shape index (κ1) is 16.8. The molecule has 0 atom stereocenters. The molecule has 3 N–H and O–H groups in total. The Hall–Kier alpha value is -3.60. The summed E-state index contributed by atoms with van der Waals surface area (Å²) >= 11 is 0. The van der Waals surface area contributed by atoms with Crippen molar-refractivity contribution in [2.45, 2.75) is 6.42 Å². The minimum absolute atomic E-state index is 0.174. The third-order valence-electron chi connectivity index (χ3n) is 4.60. The molecule has 0 saturated carbocycles. The summed E-state index contributed by atoms with van der Waals surface area (Å²) < 4.78 is 10.9. The van der Waals surface area contributed by atoms with Gasteiger partial charge >= 0.3 is 5.97 Å². The van der Waals surface area contributed by atoms with Crippen molar-refractivity contribution in [3.8, 4) is 22.5 Å². The van der Waals surface area contributed by atoms with Crippen molar-refractivity contribution in [1.82, 2.24) is 0 Å². The van der Waals surface area contributed by atoms with Gasteiger partial charge in [-0.1, -0.05) is 24.3 Å². The Labute approximate surface area is 155 Å². The highest BCUT2D eigenvalue weighted by atomic mass is 16.5. The third-order valence-corrected chi connectivity index (χ3v) is 4.60. The van der Waals surface area contributed by atoms with E-state index in [-0.39, 0.29) is 12.4 Å². The second kappa shape index (κ2) is 6.61. The molecule has 134 valence electrons. The number of nitrogens with two attached hydrogens (primary N) is 1. The maximum Gasteiger partial charge on any atom is 0.309 e. The molecule has 5 nitrogen and oxygen atoms in total. The molecule has 5 heteroatoms. The van der Waals surface area contributed by atoms with Crippen molar-refractivity contribution in [3.63, 3.8) is 0 Å². The molecule has 1 heterocycles. The standard InChI is InChI=1S/C22H18N2O3/c1-26-21(25)10-13-4-2-3-5-16(13)22-17-8-6-14(23)11-19(17)27-20-12-15(24)7-9-18(20)22/h2-9,11-12,23H,10,24H2,1H3. The van der Waals surface area contributed by atoms with Gasteiger partial charge < -0.3 is 20.3 Å². The average Bonchev–Trinajstić information content (AvgIpc) is 2.66. The summed E-state index contributed by atoms with van der Waals surface area (Å²) in [6.07, 6.45) is 0.174. The molecule has 0 fully saturated rings. The number of hydrogen-bond donors (Lipinski definition) is 2. The summed E-state index contributed by atoms with van der Waals surface area (Å²) in [5.41, 5.74) is 10.8. The zero-order valence-electron chi connectivity index (χ0n) is 14.8. The van der Waals surface area contributed by atoms with Crippen molar-refractivity contribution in [1.29, 1.82) is 5.41 Å². The number of anilines is 1. The fourth-order valence-corrected chi connectivity index (χ4v) is 3.34. The first-order valence-corrected chi connectivity index (χ1v) is 8.52. The Morgan fingerprint density at radius 2 is 1.89 bits per heavy atom. The van der Waals surface area contributed by atoms with Crippen LogP contribution in [0.1, 0.15) is 5.56 Å². The van der Waals surface area contributed by atoms with Gasteiger partial charge in [-0.2, -0.15) is 0 Å². The molecule has 0 unspecified atom stereocenters. The Morgan fingerprint density at radius 3 is 2.70 bits per heavy atom. The number of carbonyl (C=O) groups is 1. The summed E-state index contributed by atoms with van der Waals surface area (Å²) in [6.45, 7) is 0. The van der Waals surface area contributed by atoms with Crippen molar-refractivity contribution in [3.05, 3.63) is 71.6 Å². The number of ether oxygens (including phenoxy) is 1. The SMILES string of the molecule is COC(=O)Cc1ccccc1-c1c2ccc(=N)cc-2oc2cc(N)ccc12. The van der Waals surface area contributed by atoms with Gasteiger partial charge in [0.25, 0.3) is 0 Å². The quantitative estimate of drug-likeness (QED) is 0.329. The highest BCUT2D eigenvalue weighted by Crippen LogP contribution is 2.41. The maximum absolute atomic E-state index is 11.9. The number of nitrogens with one attached hydrogen (secondary N) is 1. The number of nitrogen functional groups attached to an aromatic ring is 1. The summed E-state index contributed by atoms with van der Waals surface area (Å²) in [6, 6.07) is 18.6. The highest BCUT2D eigenvalue weighted by molar-refractivity contribution is 6.03. The predicted molar refractivity (Wildman–Crippen MR) is 104 cm³/mol. The summed E-state index contributed by atoms with van der Waals surface area (Å²) in [5, 5.41) is 9.18. The van der Waals surface area contributed by atoms with Crippen LogP contribution < -0.4 is 11.1 Å². The third kappa shape index (κ3) is 3.04. The molecular weight excluding hydrogens is 340 g/mol. The van der Waals surface area contributed by atoms with Gasteiger partial charge in [-0.15, -0.1) is 0 Å². The average molecular weight is 358 g/mol. The van der Waals surface area contributed by atoms with Crippen LogP contribution in [0.2, 0.25) is 0 Å². The van der Waals surface area contributed by atoms with Crippen LogP contribution in [-0.2, 0) is 16.0 Å². The first-order chi connectivity index (χ1) is 13.1. The van der Waals surface area contributed by atoms with E-state index in [0.717, 1.165) is 27.6 Å². The van der Waals surface area contributed by atoms with Gasteiger partial charge in [0, 0.05) is 34.3 Å². The van der Waals surface area contributed by atoms with Gasteiger partial charge in [0.2, 0.25) is 0 Å². The van der Waals surface area contributed by atoms with Crippen LogP contribution in [0.25, 0.3) is 33.4 Å². The molecule has 0 amide bonds. The van der Waals surface area contributed by atoms with E-state index < -0.39 is 0 Å². The Kier molecular flexibility index (Phi) is 4.12. The number of benzene rings is 3. The lowest BCUT2D eigenvalue weighted by molar-refractivity contribution is -0.139. The minimum atomic E-state index is -0.297. The van der Waals surface area contributed by atoms with Crippen LogP contribution in [0.3, 0.4) is 0 Å². The van der Waals surface area contributed by atoms with E-state index in [4.69, 9.17) is 20.3 Å². The van der Waals surface area contributed by atoms with Crippen molar-refractivity contribution < 1.29 is 13.9 Å². The van der Waals surface area contributed by atoms with E-state index in [0.29, 0.717) is 22.4 Å². The lowest BCUT2D eigenvalue weighted by Gasteiger charge is -2.17. The maximum atomic E-state index is 11.9. The molecular formula is C22H18N2O3. The topological polar surface area (TPSA) is 89.3 Å². The van der Waals surface area contributed by atoms with Crippen molar-refractivity contribution in [2.75, 3.05) is 12.8 Å². The Bertz CT molecular complexity index is 1190. The molecule has 2 aromatic carbocycles. The highest BCUT2D eigenvalue weighted by Gasteiger charge is 2.19. The van der Waals surface area contributed by atoms with Crippen LogP contribution in [0, 0.1) is 5.41 Å². The van der Waals surface area contributed by atoms with Crippen molar-refractivity contribution >= 4 is 22.6 Å². The minimum Gasteiger partial charge on any atom is -0.469 e. The van der Waals surface area contributed by atoms with Gasteiger partial charge in [0.1, 0.15) is 11.3 Å². The van der Waals surface area contributed by atoms with E-state index in [9.17, 15) is 4.79 Å². The fraction of sp³-hybridized carbons (Fsp3) is 0.0909. The molecule has 2 aromatic rings. The lowest BCUT2D eigenvalue weighted by atomic mass is 9.90. The van der Waals surface area contributed by atoms with E-state index >= 15 is 0 Å². The molecule has 1 aliphatic heterocycles. The number of fused-ring (bicyclic) bond motifs is 2. The summed E-state index contributed by atoms with van der Waals surface area (Å²) in [7, 11) is 1.38. The second-order valence-corrected chi connectivity index (χ2v) is 6.35. The van der Waals surface area contributed by atoms with Crippen LogP contribution >= 0.6 is 0 Å². The largest absolute Gasteiger partial charge is 0.469 e. The monoisotopic (exact) mass is 358 g/mol. The number of carbonyl (C=O) groups excluding carboxylic acids is 1. The van der Waals surface area contributed by atoms with E-state index in [1.165, 1.54) is 7.11 Å². The zero-order valence-corrected chi connectivity index (χ0v) is 14.8. The normalized spacial score (nSPS) is 11.0. The summed E-state index contributed by atoms with van der Waals surface area (Å²) in [4.78, 5) is 11.9. The molecule has 4 rings (SSSR count). The van der Waals surface area contributed by atoms with Crippen LogP contribution in [-0.4, -0.2) is 13.1 Å². The van der Waals surface area contributed by atoms with Gasteiger partial charge in [0.05, 0.1) is 18.9 Å². The molecule has 1 aliphatic carbocycles. The van der Waals surface area contributed by atoms with E-state index in [2.05, 4.69) is 0 Å². The second-order valence-electron chi connectivity index (χ2n) is 6.35. The fourth-order valence-electron chi connectivity index (χ4n) is 3.34. The number of hydrogen-bond acceptors (Lipinski definition) is 5. The van der Waals surface area contributed by atoms with Gasteiger partial charge in [-0.05, 0) is 35.4 Å².